The van der Waals surface area contributed by atoms with Gasteiger partial charge in [0, 0.05) is 27.5 Å². The van der Waals surface area contributed by atoms with E-state index in [0.29, 0.717) is 17.3 Å². The van der Waals surface area contributed by atoms with Crippen molar-refractivity contribution in [3.05, 3.63) is 40.0 Å². The van der Waals surface area contributed by atoms with Gasteiger partial charge in [-0.2, -0.15) is 4.98 Å². The normalized spacial score (nSPS) is 10.3. The molecule has 1 heterocycles. The van der Waals surface area contributed by atoms with E-state index in [1.54, 1.807) is 18.3 Å². The fourth-order valence-corrected chi connectivity index (χ4v) is 2.04. The fraction of sp³-hybridized carbons (Fsp3) is 0.154. The number of nitrogens with two attached hydrogens (primary N) is 1. The summed E-state index contributed by atoms with van der Waals surface area (Å²) in [5.41, 5.74) is 7.88. The van der Waals surface area contributed by atoms with Gasteiger partial charge < -0.3 is 11.1 Å². The molecule has 0 radical (unpaired) electrons. The van der Waals surface area contributed by atoms with Crippen molar-refractivity contribution in [3.8, 4) is 0 Å². The summed E-state index contributed by atoms with van der Waals surface area (Å²) < 4.78 is 0.759. The van der Waals surface area contributed by atoms with Crippen molar-refractivity contribution >= 4 is 39.2 Å². The Morgan fingerprint density at radius 3 is 2.79 bits per heavy atom. The number of Topliss-reactive ketones (excluding diaryl/α,β-unsaturated/α-hetero) is 1. The van der Waals surface area contributed by atoms with Crippen molar-refractivity contribution in [2.45, 2.75) is 13.8 Å². The molecule has 0 unspecified atom stereocenters. The Morgan fingerprint density at radius 2 is 2.16 bits per heavy atom. The minimum atomic E-state index is -0.0140. The number of aromatic nitrogens is 2. The van der Waals surface area contributed by atoms with Gasteiger partial charge in [0.1, 0.15) is 5.82 Å². The van der Waals surface area contributed by atoms with Crippen LogP contribution in [0.1, 0.15) is 22.8 Å². The van der Waals surface area contributed by atoms with E-state index in [0.717, 1.165) is 15.7 Å². The number of benzene rings is 1. The number of halogens is 1. The van der Waals surface area contributed by atoms with Crippen molar-refractivity contribution in [2.24, 2.45) is 0 Å². The molecule has 0 aliphatic heterocycles. The average molecular weight is 321 g/mol. The van der Waals surface area contributed by atoms with Crippen LogP contribution in [-0.4, -0.2) is 15.8 Å². The van der Waals surface area contributed by atoms with Gasteiger partial charge in [-0.25, -0.2) is 4.98 Å². The molecule has 1 aromatic heterocycles. The predicted octanol–water partition coefficient (Wildman–Crippen LogP) is 3.08. The lowest BCUT2D eigenvalue weighted by Gasteiger charge is -2.08. The molecule has 98 valence electrons. The molecule has 0 saturated heterocycles. The zero-order chi connectivity index (χ0) is 14.0. The summed E-state index contributed by atoms with van der Waals surface area (Å²) >= 11 is 3.34. The van der Waals surface area contributed by atoms with Gasteiger partial charge in [0.05, 0.1) is 0 Å². The number of nitrogens with zero attached hydrogens (tertiary/aromatic N) is 2. The maximum Gasteiger partial charge on any atom is 0.229 e. The van der Waals surface area contributed by atoms with Crippen LogP contribution in [0.4, 0.5) is 17.5 Å². The number of rotatable bonds is 3. The number of hydrogen-bond acceptors (Lipinski definition) is 5. The van der Waals surface area contributed by atoms with E-state index in [9.17, 15) is 4.79 Å². The van der Waals surface area contributed by atoms with Gasteiger partial charge in [0.15, 0.2) is 5.78 Å². The summed E-state index contributed by atoms with van der Waals surface area (Å²) in [5, 5.41) is 3.02. The second-order valence-electron chi connectivity index (χ2n) is 4.14. The maximum atomic E-state index is 11.5. The Balaban J connectivity index is 2.30. The number of carbonyl (C=O) groups is 1. The SMILES string of the molecule is CC(=O)c1cc(Nc2ncc(C)c(N)n2)ccc1Br. The van der Waals surface area contributed by atoms with Crippen molar-refractivity contribution in [1.29, 1.82) is 0 Å². The quantitative estimate of drug-likeness (QED) is 0.849. The Labute approximate surface area is 119 Å². The highest BCUT2D eigenvalue weighted by atomic mass is 79.9. The molecule has 2 rings (SSSR count). The molecule has 6 heteroatoms. The summed E-state index contributed by atoms with van der Waals surface area (Å²) in [6.07, 6.45) is 1.65. The molecule has 0 saturated carbocycles. The van der Waals surface area contributed by atoms with E-state index < -0.39 is 0 Å². The maximum absolute atomic E-state index is 11.5. The smallest absolute Gasteiger partial charge is 0.229 e. The first-order valence-electron chi connectivity index (χ1n) is 5.64. The molecule has 0 aliphatic carbocycles. The van der Waals surface area contributed by atoms with E-state index in [-0.39, 0.29) is 5.78 Å². The summed E-state index contributed by atoms with van der Waals surface area (Å²) in [5.74, 6) is 0.821. The van der Waals surface area contributed by atoms with Gasteiger partial charge in [-0.1, -0.05) is 15.9 Å². The fourth-order valence-electron chi connectivity index (χ4n) is 1.52. The number of carbonyl (C=O) groups excluding carboxylic acids is 1. The highest BCUT2D eigenvalue weighted by Gasteiger charge is 2.07. The van der Waals surface area contributed by atoms with Crippen LogP contribution in [0.25, 0.3) is 0 Å². The number of nitrogens with one attached hydrogen (secondary N) is 1. The molecule has 3 N–H and O–H groups in total. The van der Waals surface area contributed by atoms with Crippen LogP contribution in [0.3, 0.4) is 0 Å². The predicted molar refractivity (Wildman–Crippen MR) is 78.6 cm³/mol. The summed E-state index contributed by atoms with van der Waals surface area (Å²) in [6.45, 7) is 3.36. The third-order valence-corrected chi connectivity index (χ3v) is 3.30. The van der Waals surface area contributed by atoms with Crippen LogP contribution < -0.4 is 11.1 Å². The van der Waals surface area contributed by atoms with Crippen LogP contribution in [0.5, 0.6) is 0 Å². The second kappa shape index (κ2) is 5.36. The minimum absolute atomic E-state index is 0.0140. The molecule has 0 aliphatic rings. The van der Waals surface area contributed by atoms with Gasteiger partial charge >= 0.3 is 0 Å². The molecule has 0 fully saturated rings. The Kier molecular flexibility index (Phi) is 3.80. The number of aryl methyl sites for hydroxylation is 1. The topological polar surface area (TPSA) is 80.9 Å². The minimum Gasteiger partial charge on any atom is -0.383 e. The number of hydrogen-bond donors (Lipinski definition) is 2. The first-order chi connectivity index (χ1) is 8.97. The highest BCUT2D eigenvalue weighted by Crippen LogP contribution is 2.23. The van der Waals surface area contributed by atoms with Crippen LogP contribution in [0, 0.1) is 6.92 Å². The van der Waals surface area contributed by atoms with E-state index >= 15 is 0 Å². The average Bonchev–Trinajstić information content (AvgIpc) is 2.36. The molecular formula is C13H13BrN4O. The molecule has 5 nitrogen and oxygen atoms in total. The van der Waals surface area contributed by atoms with Gasteiger partial charge in [0.2, 0.25) is 5.95 Å². The molecule has 1 aromatic carbocycles. The van der Waals surface area contributed by atoms with Gasteiger partial charge in [-0.3, -0.25) is 4.79 Å². The van der Waals surface area contributed by atoms with Crippen molar-refractivity contribution in [1.82, 2.24) is 9.97 Å². The summed E-state index contributed by atoms with van der Waals surface area (Å²) in [7, 11) is 0. The first-order valence-corrected chi connectivity index (χ1v) is 6.43. The van der Waals surface area contributed by atoms with E-state index in [1.165, 1.54) is 6.92 Å². The highest BCUT2D eigenvalue weighted by molar-refractivity contribution is 9.10. The monoisotopic (exact) mass is 320 g/mol. The molecule has 2 aromatic rings. The van der Waals surface area contributed by atoms with Gasteiger partial charge in [0.25, 0.3) is 0 Å². The lowest BCUT2D eigenvalue weighted by atomic mass is 10.1. The third-order valence-electron chi connectivity index (χ3n) is 2.61. The molecule has 0 bridgehead atoms. The van der Waals surface area contributed by atoms with Crippen LogP contribution in [-0.2, 0) is 0 Å². The number of nitrogen functional groups attached to an aromatic ring is 1. The van der Waals surface area contributed by atoms with E-state index in [1.807, 2.05) is 13.0 Å². The Morgan fingerprint density at radius 1 is 1.42 bits per heavy atom. The lowest BCUT2D eigenvalue weighted by molar-refractivity contribution is 0.101. The van der Waals surface area contributed by atoms with Crippen molar-refractivity contribution in [2.75, 3.05) is 11.1 Å². The zero-order valence-electron chi connectivity index (χ0n) is 10.6. The number of ketones is 1. The second-order valence-corrected chi connectivity index (χ2v) is 4.99. The lowest BCUT2D eigenvalue weighted by Crippen LogP contribution is -2.03. The largest absolute Gasteiger partial charge is 0.383 e. The molecule has 0 spiro atoms. The molecular weight excluding hydrogens is 308 g/mol. The van der Waals surface area contributed by atoms with Gasteiger partial charge in [-0.15, -0.1) is 0 Å². The number of anilines is 3. The third kappa shape index (κ3) is 3.08. The Hall–Kier alpha value is -1.95. The van der Waals surface area contributed by atoms with Crippen molar-refractivity contribution < 1.29 is 4.79 Å². The molecule has 0 atom stereocenters. The summed E-state index contributed by atoms with van der Waals surface area (Å²) in [4.78, 5) is 19.7. The zero-order valence-corrected chi connectivity index (χ0v) is 12.2. The van der Waals surface area contributed by atoms with Crippen LogP contribution in [0.2, 0.25) is 0 Å². The molecule has 0 amide bonds. The van der Waals surface area contributed by atoms with E-state index in [2.05, 4.69) is 31.2 Å². The van der Waals surface area contributed by atoms with Crippen molar-refractivity contribution in [3.63, 3.8) is 0 Å². The van der Waals surface area contributed by atoms with E-state index in [4.69, 9.17) is 5.73 Å². The summed E-state index contributed by atoms with van der Waals surface area (Å²) in [6, 6.07) is 5.37. The van der Waals surface area contributed by atoms with Gasteiger partial charge in [-0.05, 0) is 32.0 Å². The standard InChI is InChI=1S/C13H13BrN4O/c1-7-6-16-13(18-12(7)15)17-9-3-4-11(14)10(5-9)8(2)19/h3-6H,1-2H3,(H3,15,16,17,18). The first kappa shape index (κ1) is 13.5. The van der Waals surface area contributed by atoms with Crippen LogP contribution in [0.15, 0.2) is 28.9 Å². The Bertz CT molecular complexity index is 643. The molecule has 19 heavy (non-hydrogen) atoms. The van der Waals surface area contributed by atoms with Crippen LogP contribution >= 0.6 is 15.9 Å².